The fraction of sp³-hybridized carbons (Fsp3) is 0.900. The van der Waals surface area contributed by atoms with Gasteiger partial charge in [0.2, 0.25) is 0 Å². The van der Waals surface area contributed by atoms with Crippen molar-refractivity contribution in [3.8, 4) is 0 Å². The predicted octanol–water partition coefficient (Wildman–Crippen LogP) is 1.21. The van der Waals surface area contributed by atoms with E-state index in [1.165, 1.54) is 0 Å². The molecule has 0 fully saturated rings. The molecule has 4 heteroatoms. The third-order valence-electron chi connectivity index (χ3n) is 2.54. The molecule has 0 saturated carbocycles. The molecule has 0 bridgehead atoms. The van der Waals surface area contributed by atoms with Crippen LogP contribution in [0.15, 0.2) is 0 Å². The maximum Gasteiger partial charge on any atom is 0.315 e. The summed E-state index contributed by atoms with van der Waals surface area (Å²) in [7, 11) is 0. The Balaban J connectivity index is 4.22. The molecular weight excluding hydrogens is 178 g/mol. The Morgan fingerprint density at radius 3 is 2.14 bits per heavy atom. The zero-order valence-corrected chi connectivity index (χ0v) is 9.68. The topological polar surface area (TPSA) is 67.1 Å². The predicted molar refractivity (Wildman–Crippen MR) is 59.2 cm³/mol. The van der Waals surface area contributed by atoms with Crippen LogP contribution < -0.4 is 16.4 Å². The Morgan fingerprint density at radius 1 is 1.36 bits per heavy atom. The molecule has 0 spiro atoms. The first-order valence-corrected chi connectivity index (χ1v) is 5.28. The summed E-state index contributed by atoms with van der Waals surface area (Å²) >= 11 is 0. The summed E-state index contributed by atoms with van der Waals surface area (Å²) in [6.45, 7) is 8.41. The normalized spacial score (nSPS) is 11.6. The van der Waals surface area contributed by atoms with E-state index in [1.807, 2.05) is 27.7 Å². The van der Waals surface area contributed by atoms with Crippen LogP contribution in [0.25, 0.3) is 0 Å². The van der Waals surface area contributed by atoms with Crippen LogP contribution >= 0.6 is 0 Å². The molecule has 0 aromatic heterocycles. The number of hydrogen-bond acceptors (Lipinski definition) is 2. The molecule has 0 saturated heterocycles. The highest BCUT2D eigenvalue weighted by Crippen LogP contribution is 2.12. The third-order valence-corrected chi connectivity index (χ3v) is 2.54. The van der Waals surface area contributed by atoms with E-state index >= 15 is 0 Å². The van der Waals surface area contributed by atoms with Gasteiger partial charge in [0.05, 0.1) is 5.54 Å². The second-order valence-corrected chi connectivity index (χ2v) is 3.94. The molecule has 4 N–H and O–H groups in total. The highest BCUT2D eigenvalue weighted by Gasteiger charge is 2.26. The van der Waals surface area contributed by atoms with E-state index in [0.29, 0.717) is 6.54 Å². The summed E-state index contributed by atoms with van der Waals surface area (Å²) in [4.78, 5) is 11.5. The first kappa shape index (κ1) is 13.2. The zero-order chi connectivity index (χ0) is 11.2. The van der Waals surface area contributed by atoms with E-state index in [0.717, 1.165) is 12.8 Å². The highest BCUT2D eigenvalue weighted by atomic mass is 16.2. The molecular formula is C10H23N3O. The van der Waals surface area contributed by atoms with Crippen LogP contribution in [0, 0.1) is 0 Å². The SMILES string of the molecule is CCC(CC)(CN)NC(=O)NC(C)C. The van der Waals surface area contributed by atoms with Crippen molar-refractivity contribution in [3.63, 3.8) is 0 Å². The second kappa shape index (κ2) is 5.86. The molecule has 0 atom stereocenters. The lowest BCUT2D eigenvalue weighted by atomic mass is 9.93. The van der Waals surface area contributed by atoms with Crippen molar-refractivity contribution in [2.45, 2.75) is 52.1 Å². The molecule has 0 heterocycles. The van der Waals surface area contributed by atoms with Crippen molar-refractivity contribution in [2.24, 2.45) is 5.73 Å². The molecule has 0 radical (unpaired) electrons. The van der Waals surface area contributed by atoms with Gasteiger partial charge in [-0.2, -0.15) is 0 Å². The molecule has 14 heavy (non-hydrogen) atoms. The molecule has 0 unspecified atom stereocenters. The summed E-state index contributed by atoms with van der Waals surface area (Å²) < 4.78 is 0. The minimum absolute atomic E-state index is 0.130. The Hall–Kier alpha value is -0.770. The maximum absolute atomic E-state index is 11.5. The largest absolute Gasteiger partial charge is 0.336 e. The van der Waals surface area contributed by atoms with Gasteiger partial charge in [0.15, 0.2) is 0 Å². The van der Waals surface area contributed by atoms with Crippen molar-refractivity contribution in [1.82, 2.24) is 10.6 Å². The van der Waals surface area contributed by atoms with Gasteiger partial charge in [-0.15, -0.1) is 0 Å². The number of hydrogen-bond donors (Lipinski definition) is 3. The lowest BCUT2D eigenvalue weighted by molar-refractivity contribution is 0.219. The number of nitrogens with one attached hydrogen (secondary N) is 2. The van der Waals surface area contributed by atoms with Crippen LogP contribution in [-0.4, -0.2) is 24.2 Å². The fourth-order valence-electron chi connectivity index (χ4n) is 1.31. The van der Waals surface area contributed by atoms with Crippen molar-refractivity contribution in [1.29, 1.82) is 0 Å². The lowest BCUT2D eigenvalue weighted by Gasteiger charge is -2.31. The van der Waals surface area contributed by atoms with Gasteiger partial charge in [0.25, 0.3) is 0 Å². The Kier molecular flexibility index (Phi) is 5.53. The van der Waals surface area contributed by atoms with Crippen LogP contribution in [0.3, 0.4) is 0 Å². The second-order valence-electron chi connectivity index (χ2n) is 3.94. The van der Waals surface area contributed by atoms with E-state index in [2.05, 4.69) is 10.6 Å². The minimum atomic E-state index is -0.251. The number of rotatable bonds is 5. The molecule has 0 aliphatic carbocycles. The van der Waals surface area contributed by atoms with Gasteiger partial charge in [0.1, 0.15) is 0 Å². The summed E-state index contributed by atoms with van der Waals surface area (Å²) in [6, 6.07) is 0.0216. The number of carbonyl (C=O) groups is 1. The minimum Gasteiger partial charge on any atom is -0.336 e. The quantitative estimate of drug-likeness (QED) is 0.626. The third kappa shape index (κ3) is 3.96. The standard InChI is InChI=1S/C10H23N3O/c1-5-10(6-2,7-11)13-9(14)12-8(3)4/h8H,5-7,11H2,1-4H3,(H2,12,13,14). The lowest BCUT2D eigenvalue weighted by Crippen LogP contribution is -2.56. The average Bonchev–Trinajstić information content (AvgIpc) is 2.13. The molecule has 0 aromatic rings. The molecule has 0 aliphatic rings. The summed E-state index contributed by atoms with van der Waals surface area (Å²) in [5.74, 6) is 0. The van der Waals surface area contributed by atoms with Gasteiger partial charge in [0, 0.05) is 12.6 Å². The Bertz CT molecular complexity index is 168. The first-order chi connectivity index (χ1) is 6.49. The summed E-state index contributed by atoms with van der Waals surface area (Å²) in [6.07, 6.45) is 1.71. The van der Waals surface area contributed by atoms with E-state index in [4.69, 9.17) is 5.73 Å². The van der Waals surface area contributed by atoms with Crippen LogP contribution in [-0.2, 0) is 0 Å². The van der Waals surface area contributed by atoms with Crippen LogP contribution in [0.1, 0.15) is 40.5 Å². The van der Waals surface area contributed by atoms with Gasteiger partial charge in [-0.1, -0.05) is 13.8 Å². The number of nitrogens with two attached hydrogens (primary N) is 1. The summed E-state index contributed by atoms with van der Waals surface area (Å²) in [5, 5.41) is 5.73. The number of carbonyl (C=O) groups excluding carboxylic acids is 1. The van der Waals surface area contributed by atoms with Gasteiger partial charge >= 0.3 is 6.03 Å². The van der Waals surface area contributed by atoms with E-state index in [1.54, 1.807) is 0 Å². The average molecular weight is 201 g/mol. The van der Waals surface area contributed by atoms with Crippen molar-refractivity contribution in [2.75, 3.05) is 6.54 Å². The van der Waals surface area contributed by atoms with E-state index < -0.39 is 0 Å². The molecule has 0 aromatic carbocycles. The van der Waals surface area contributed by atoms with E-state index in [9.17, 15) is 4.79 Å². The van der Waals surface area contributed by atoms with E-state index in [-0.39, 0.29) is 17.6 Å². The van der Waals surface area contributed by atoms with Crippen LogP contribution in [0.5, 0.6) is 0 Å². The smallest absolute Gasteiger partial charge is 0.315 e. The number of urea groups is 1. The number of amides is 2. The van der Waals surface area contributed by atoms with Gasteiger partial charge in [-0.05, 0) is 26.7 Å². The Labute approximate surface area is 86.6 Å². The molecule has 0 rings (SSSR count). The van der Waals surface area contributed by atoms with Gasteiger partial charge in [-0.3, -0.25) is 0 Å². The van der Waals surface area contributed by atoms with Gasteiger partial charge < -0.3 is 16.4 Å². The first-order valence-electron chi connectivity index (χ1n) is 5.28. The zero-order valence-electron chi connectivity index (χ0n) is 9.68. The monoisotopic (exact) mass is 201 g/mol. The highest BCUT2D eigenvalue weighted by molar-refractivity contribution is 5.75. The van der Waals surface area contributed by atoms with Crippen molar-refractivity contribution < 1.29 is 4.79 Å². The maximum atomic E-state index is 11.5. The molecule has 0 aliphatic heterocycles. The van der Waals surface area contributed by atoms with Gasteiger partial charge in [-0.25, -0.2) is 4.79 Å². The Morgan fingerprint density at radius 2 is 1.86 bits per heavy atom. The van der Waals surface area contributed by atoms with Crippen LogP contribution in [0.4, 0.5) is 4.79 Å². The van der Waals surface area contributed by atoms with Crippen molar-refractivity contribution in [3.05, 3.63) is 0 Å². The molecule has 4 nitrogen and oxygen atoms in total. The van der Waals surface area contributed by atoms with Crippen LogP contribution in [0.2, 0.25) is 0 Å². The fourth-order valence-corrected chi connectivity index (χ4v) is 1.31. The summed E-state index contributed by atoms with van der Waals surface area (Å²) in [5.41, 5.74) is 5.41. The molecule has 84 valence electrons. The molecule has 2 amide bonds. The van der Waals surface area contributed by atoms with Crippen molar-refractivity contribution >= 4 is 6.03 Å².